The zero-order chi connectivity index (χ0) is 13.2. The van der Waals surface area contributed by atoms with Crippen LogP contribution in [0.3, 0.4) is 0 Å². The molecule has 2 aromatic rings. The fourth-order valence-electron chi connectivity index (χ4n) is 1.57. The molecular formula is C12H9IO4S. The smallest absolute Gasteiger partial charge is 0.282 e. The Morgan fingerprint density at radius 3 is 2.17 bits per heavy atom. The van der Waals surface area contributed by atoms with Crippen molar-refractivity contribution in [3.05, 3.63) is 52.1 Å². The average molecular weight is 376 g/mol. The van der Waals surface area contributed by atoms with Gasteiger partial charge in [-0.25, -0.2) is 0 Å². The van der Waals surface area contributed by atoms with Gasteiger partial charge < -0.3 is 0 Å². The van der Waals surface area contributed by atoms with E-state index in [9.17, 15) is 11.5 Å². The molecule has 0 radical (unpaired) electrons. The second kappa shape index (κ2) is 5.25. The van der Waals surface area contributed by atoms with Crippen LogP contribution in [0.5, 0.6) is 0 Å². The van der Waals surface area contributed by atoms with Crippen molar-refractivity contribution in [3.63, 3.8) is 0 Å². The summed E-state index contributed by atoms with van der Waals surface area (Å²) < 4.78 is 42.7. The number of hydrogen-bond donors (Lipinski definition) is 1. The molecule has 4 nitrogen and oxygen atoms in total. The van der Waals surface area contributed by atoms with Gasteiger partial charge in [-0.1, -0.05) is 36.4 Å². The molecule has 0 unspecified atom stereocenters. The SMILES string of the molecule is O=Ic1ccc(-c2ccccc2)cc1S(=O)(=O)O. The topological polar surface area (TPSA) is 71.4 Å². The van der Waals surface area contributed by atoms with Crippen LogP contribution in [0.2, 0.25) is 0 Å². The molecule has 0 spiro atoms. The summed E-state index contributed by atoms with van der Waals surface area (Å²) in [5.41, 5.74) is 1.49. The molecule has 0 heterocycles. The first-order valence-corrected chi connectivity index (χ1v) is 8.36. The van der Waals surface area contributed by atoms with Crippen molar-refractivity contribution in [1.29, 1.82) is 0 Å². The molecule has 0 atom stereocenters. The second-order valence-electron chi connectivity index (χ2n) is 3.56. The highest BCUT2D eigenvalue weighted by molar-refractivity contribution is 14.1. The lowest BCUT2D eigenvalue weighted by Gasteiger charge is -2.05. The molecule has 0 aliphatic carbocycles. The second-order valence-corrected chi connectivity index (χ2v) is 6.56. The van der Waals surface area contributed by atoms with Gasteiger partial charge in [0.15, 0.2) is 21.2 Å². The molecule has 0 aromatic heterocycles. The molecule has 0 aliphatic rings. The van der Waals surface area contributed by atoms with Crippen LogP contribution in [0.25, 0.3) is 11.1 Å². The van der Waals surface area contributed by atoms with Gasteiger partial charge in [0.1, 0.15) is 4.90 Å². The highest BCUT2D eigenvalue weighted by Gasteiger charge is 2.16. The minimum atomic E-state index is -4.35. The molecule has 0 fully saturated rings. The maximum atomic E-state index is 11.2. The molecule has 0 saturated carbocycles. The van der Waals surface area contributed by atoms with Crippen LogP contribution in [0.4, 0.5) is 0 Å². The summed E-state index contributed by atoms with van der Waals surface area (Å²) in [5, 5.41) is 0. The Balaban J connectivity index is 2.64. The van der Waals surface area contributed by atoms with E-state index in [1.165, 1.54) is 12.1 Å². The van der Waals surface area contributed by atoms with E-state index >= 15 is 0 Å². The lowest BCUT2D eigenvalue weighted by Crippen LogP contribution is -2.01. The number of halogens is 1. The van der Waals surface area contributed by atoms with Crippen molar-refractivity contribution in [3.8, 4) is 11.1 Å². The summed E-state index contributed by atoms with van der Waals surface area (Å²) >= 11 is -1.65. The average Bonchev–Trinajstić information content (AvgIpc) is 2.38. The zero-order valence-electron chi connectivity index (χ0n) is 9.08. The van der Waals surface area contributed by atoms with Gasteiger partial charge in [-0.2, -0.15) is 8.42 Å². The molecule has 18 heavy (non-hydrogen) atoms. The summed E-state index contributed by atoms with van der Waals surface area (Å²) in [4.78, 5) is -0.272. The minimum absolute atomic E-state index is 0.177. The highest BCUT2D eigenvalue weighted by Crippen LogP contribution is 2.27. The lowest BCUT2D eigenvalue weighted by atomic mass is 10.1. The molecule has 0 saturated heterocycles. The third kappa shape index (κ3) is 2.82. The Labute approximate surface area is 115 Å². The van der Waals surface area contributed by atoms with Gasteiger partial charge >= 0.3 is 0 Å². The van der Waals surface area contributed by atoms with Gasteiger partial charge in [0, 0.05) is 0 Å². The zero-order valence-corrected chi connectivity index (χ0v) is 12.1. The van der Waals surface area contributed by atoms with Crippen LogP contribution in [-0.4, -0.2) is 13.0 Å². The monoisotopic (exact) mass is 376 g/mol. The number of rotatable bonds is 3. The maximum Gasteiger partial charge on any atom is 0.295 e. The van der Waals surface area contributed by atoms with Crippen molar-refractivity contribution < 1.29 is 16.0 Å². The lowest BCUT2D eigenvalue weighted by molar-refractivity contribution is 0.482. The minimum Gasteiger partial charge on any atom is -0.282 e. The standard InChI is InChI=1S/C12H9IO4S/c14-13-11-7-6-10(8-12(11)18(15,16)17)9-4-2-1-3-5-9/h1-8H,(H,15,16,17). The van der Waals surface area contributed by atoms with Crippen molar-refractivity contribution in [2.75, 3.05) is 0 Å². The summed E-state index contributed by atoms with van der Waals surface area (Å²) in [6.45, 7) is 0. The van der Waals surface area contributed by atoms with Crippen molar-refractivity contribution in [2.45, 2.75) is 4.90 Å². The summed E-state index contributed by atoms with van der Waals surface area (Å²) in [6.07, 6.45) is 0. The fourth-order valence-corrected chi connectivity index (χ4v) is 3.91. The first-order valence-electron chi connectivity index (χ1n) is 4.96. The first kappa shape index (κ1) is 13.3. The largest absolute Gasteiger partial charge is 0.295 e. The fraction of sp³-hybridized carbons (Fsp3) is 0. The van der Waals surface area contributed by atoms with E-state index < -0.39 is 31.3 Å². The van der Waals surface area contributed by atoms with E-state index in [4.69, 9.17) is 4.55 Å². The Morgan fingerprint density at radius 1 is 0.944 bits per heavy atom. The van der Waals surface area contributed by atoms with E-state index in [2.05, 4.69) is 0 Å². The Morgan fingerprint density at radius 2 is 1.61 bits per heavy atom. The maximum absolute atomic E-state index is 11.2. The summed E-state index contributed by atoms with van der Waals surface area (Å²) in [7, 11) is -4.35. The molecule has 2 rings (SSSR count). The first-order chi connectivity index (χ1) is 8.52. The molecule has 0 aliphatic heterocycles. The van der Waals surface area contributed by atoms with Crippen LogP contribution in [0.1, 0.15) is 0 Å². The van der Waals surface area contributed by atoms with Gasteiger partial charge in [0.05, 0.1) is 3.57 Å². The Kier molecular flexibility index (Phi) is 3.88. The predicted octanol–water partition coefficient (Wildman–Crippen LogP) is 3.09. The van der Waals surface area contributed by atoms with Crippen LogP contribution in [-0.2, 0) is 13.2 Å². The van der Waals surface area contributed by atoms with Gasteiger partial charge in [0.2, 0.25) is 0 Å². The van der Waals surface area contributed by atoms with Gasteiger partial charge in [-0.3, -0.25) is 7.62 Å². The molecular weight excluding hydrogens is 367 g/mol. The van der Waals surface area contributed by atoms with Crippen molar-refractivity contribution in [2.24, 2.45) is 0 Å². The number of benzene rings is 2. The molecule has 94 valence electrons. The van der Waals surface area contributed by atoms with Crippen LogP contribution < -0.4 is 0 Å². The van der Waals surface area contributed by atoms with E-state index in [1.54, 1.807) is 6.07 Å². The molecule has 0 bridgehead atoms. The van der Waals surface area contributed by atoms with E-state index in [-0.39, 0.29) is 8.47 Å². The summed E-state index contributed by atoms with van der Waals surface area (Å²) in [6, 6.07) is 13.7. The third-order valence-electron chi connectivity index (χ3n) is 2.40. The van der Waals surface area contributed by atoms with Gasteiger partial charge in [-0.15, -0.1) is 0 Å². The van der Waals surface area contributed by atoms with Crippen LogP contribution >= 0.6 is 21.2 Å². The molecule has 1 N–H and O–H groups in total. The Hall–Kier alpha value is -1.12. The Bertz CT molecular complexity index is 680. The molecule has 2 aromatic carbocycles. The molecule has 6 heteroatoms. The van der Waals surface area contributed by atoms with E-state index in [0.29, 0.717) is 5.56 Å². The van der Waals surface area contributed by atoms with Gasteiger partial charge in [-0.05, 0) is 23.3 Å². The van der Waals surface area contributed by atoms with Crippen molar-refractivity contribution >= 4 is 31.3 Å². The third-order valence-corrected chi connectivity index (χ3v) is 5.07. The van der Waals surface area contributed by atoms with Gasteiger partial charge in [0.25, 0.3) is 10.1 Å². The van der Waals surface area contributed by atoms with Crippen LogP contribution in [0.15, 0.2) is 53.4 Å². The molecule has 0 amide bonds. The summed E-state index contributed by atoms with van der Waals surface area (Å²) in [5.74, 6) is 0. The highest BCUT2D eigenvalue weighted by atomic mass is 127. The van der Waals surface area contributed by atoms with Crippen molar-refractivity contribution in [1.82, 2.24) is 0 Å². The van der Waals surface area contributed by atoms with E-state index in [0.717, 1.165) is 5.56 Å². The normalized spacial score (nSPS) is 11.4. The quantitative estimate of drug-likeness (QED) is 0.660. The van der Waals surface area contributed by atoms with Crippen LogP contribution in [0, 0.1) is 3.57 Å². The van der Waals surface area contributed by atoms with E-state index in [1.807, 2.05) is 30.3 Å². The predicted molar refractivity (Wildman–Crippen MR) is 75.1 cm³/mol. The number of hydrogen-bond acceptors (Lipinski definition) is 3.